The van der Waals surface area contributed by atoms with Gasteiger partial charge in [0.1, 0.15) is 12.4 Å². The van der Waals surface area contributed by atoms with Gasteiger partial charge in [0, 0.05) is 10.6 Å². The van der Waals surface area contributed by atoms with Crippen molar-refractivity contribution >= 4 is 11.6 Å². The van der Waals surface area contributed by atoms with Crippen LogP contribution in [0, 0.1) is 0 Å². The summed E-state index contributed by atoms with van der Waals surface area (Å²) < 4.78 is 11.2. The molecule has 0 radical (unpaired) electrons. The number of halogens is 1. The van der Waals surface area contributed by atoms with E-state index in [1.54, 1.807) is 25.1 Å². The van der Waals surface area contributed by atoms with Gasteiger partial charge >= 0.3 is 0 Å². The Balaban J connectivity index is 2.57. The van der Waals surface area contributed by atoms with E-state index in [2.05, 4.69) is 0 Å². The molecule has 102 valence electrons. The van der Waals surface area contributed by atoms with Crippen LogP contribution < -0.4 is 4.74 Å². The molecule has 3 nitrogen and oxygen atoms in total. The third-order valence-corrected chi connectivity index (χ3v) is 2.53. The predicted octanol–water partition coefficient (Wildman–Crippen LogP) is 3.59. The Hall–Kier alpha value is -0.770. The highest BCUT2D eigenvalue weighted by molar-refractivity contribution is 6.30. The zero-order valence-electron chi connectivity index (χ0n) is 11.4. The number of rotatable bonds is 5. The monoisotopic (exact) mass is 272 g/mol. The van der Waals surface area contributed by atoms with Gasteiger partial charge in [-0.25, -0.2) is 0 Å². The van der Waals surface area contributed by atoms with Crippen LogP contribution in [0.5, 0.6) is 5.75 Å². The first-order valence-electron chi connectivity index (χ1n) is 6.04. The zero-order chi connectivity index (χ0) is 13.8. The average Bonchev–Trinajstić information content (AvgIpc) is 2.24. The molecule has 0 saturated heterocycles. The van der Waals surface area contributed by atoms with Crippen molar-refractivity contribution in [2.45, 2.75) is 39.4 Å². The van der Waals surface area contributed by atoms with Crippen LogP contribution >= 0.6 is 11.6 Å². The largest absolute Gasteiger partial charge is 0.491 e. The Morgan fingerprint density at radius 1 is 1.28 bits per heavy atom. The molecular formula is C14H21ClO3. The summed E-state index contributed by atoms with van der Waals surface area (Å²) in [6.07, 6.45) is -0.609. The van der Waals surface area contributed by atoms with Crippen molar-refractivity contribution < 1.29 is 14.6 Å². The van der Waals surface area contributed by atoms with Gasteiger partial charge in [0.25, 0.3) is 0 Å². The topological polar surface area (TPSA) is 38.7 Å². The van der Waals surface area contributed by atoms with E-state index in [0.717, 1.165) is 0 Å². The fourth-order valence-electron chi connectivity index (χ4n) is 1.48. The van der Waals surface area contributed by atoms with Crippen molar-refractivity contribution in [1.29, 1.82) is 0 Å². The molecule has 1 atom stereocenters. The first-order valence-corrected chi connectivity index (χ1v) is 6.41. The number of benzene rings is 1. The Bertz CT molecular complexity index is 383. The summed E-state index contributed by atoms with van der Waals surface area (Å²) in [5, 5.41) is 10.2. The molecule has 0 aromatic heterocycles. The highest BCUT2D eigenvalue weighted by Crippen LogP contribution is 2.28. The number of ether oxygens (including phenoxy) is 2. The van der Waals surface area contributed by atoms with Crippen LogP contribution in [0.2, 0.25) is 5.02 Å². The van der Waals surface area contributed by atoms with E-state index in [0.29, 0.717) is 29.5 Å². The number of hydrogen-bond donors (Lipinski definition) is 1. The summed E-state index contributed by atoms with van der Waals surface area (Å²) >= 11 is 5.89. The van der Waals surface area contributed by atoms with Crippen LogP contribution in [-0.2, 0) is 4.74 Å². The van der Waals surface area contributed by atoms with Crippen LogP contribution in [0.4, 0.5) is 0 Å². The third kappa shape index (κ3) is 5.25. The molecule has 1 N–H and O–H groups in total. The molecule has 0 bridgehead atoms. The van der Waals surface area contributed by atoms with Crippen LogP contribution in [0.3, 0.4) is 0 Å². The average molecular weight is 273 g/mol. The van der Waals surface area contributed by atoms with Crippen molar-refractivity contribution in [3.05, 3.63) is 28.8 Å². The second kappa shape index (κ2) is 6.41. The molecule has 0 spiro atoms. The first-order chi connectivity index (χ1) is 8.29. The van der Waals surface area contributed by atoms with Gasteiger partial charge in [-0.3, -0.25) is 0 Å². The molecule has 0 unspecified atom stereocenters. The van der Waals surface area contributed by atoms with Gasteiger partial charge in [-0.15, -0.1) is 0 Å². The zero-order valence-corrected chi connectivity index (χ0v) is 12.1. The van der Waals surface area contributed by atoms with Crippen molar-refractivity contribution in [3.8, 4) is 5.75 Å². The summed E-state index contributed by atoms with van der Waals surface area (Å²) in [5.74, 6) is 0.645. The molecule has 4 heteroatoms. The Kier molecular flexibility index (Phi) is 5.45. The normalized spacial score (nSPS) is 13.4. The van der Waals surface area contributed by atoms with Gasteiger partial charge in [-0.2, -0.15) is 0 Å². The quantitative estimate of drug-likeness (QED) is 0.833. The van der Waals surface area contributed by atoms with E-state index in [-0.39, 0.29) is 5.60 Å². The molecule has 0 aliphatic heterocycles. The molecule has 0 amide bonds. The molecule has 0 aliphatic carbocycles. The smallest absolute Gasteiger partial charge is 0.125 e. The lowest BCUT2D eigenvalue weighted by Crippen LogP contribution is -2.22. The van der Waals surface area contributed by atoms with Crippen LogP contribution in [0.25, 0.3) is 0 Å². The molecule has 0 fully saturated rings. The molecular weight excluding hydrogens is 252 g/mol. The van der Waals surface area contributed by atoms with Gasteiger partial charge in [0.05, 0.1) is 18.3 Å². The molecule has 0 saturated carbocycles. The third-order valence-electron chi connectivity index (χ3n) is 2.30. The Morgan fingerprint density at radius 2 is 1.94 bits per heavy atom. The Labute approximate surface area is 114 Å². The van der Waals surface area contributed by atoms with Gasteiger partial charge in [-0.1, -0.05) is 11.6 Å². The maximum atomic E-state index is 9.64. The second-order valence-electron chi connectivity index (χ2n) is 5.17. The maximum Gasteiger partial charge on any atom is 0.125 e. The summed E-state index contributed by atoms with van der Waals surface area (Å²) in [6, 6.07) is 5.22. The van der Waals surface area contributed by atoms with Gasteiger partial charge in [0.2, 0.25) is 0 Å². The lowest BCUT2D eigenvalue weighted by atomic mass is 10.1. The second-order valence-corrected chi connectivity index (χ2v) is 5.60. The van der Waals surface area contributed by atoms with Crippen molar-refractivity contribution in [2.75, 3.05) is 13.2 Å². The van der Waals surface area contributed by atoms with Crippen molar-refractivity contribution in [1.82, 2.24) is 0 Å². The van der Waals surface area contributed by atoms with E-state index in [4.69, 9.17) is 21.1 Å². The molecule has 0 heterocycles. The predicted molar refractivity (Wildman–Crippen MR) is 73.3 cm³/mol. The van der Waals surface area contributed by atoms with E-state index in [1.165, 1.54) is 0 Å². The van der Waals surface area contributed by atoms with E-state index in [9.17, 15) is 5.11 Å². The summed E-state index contributed by atoms with van der Waals surface area (Å²) in [5.41, 5.74) is 0.523. The van der Waals surface area contributed by atoms with Crippen LogP contribution in [0.1, 0.15) is 39.4 Å². The molecule has 1 aromatic carbocycles. The van der Waals surface area contributed by atoms with Gasteiger partial charge < -0.3 is 14.6 Å². The number of aliphatic hydroxyl groups excluding tert-OH is 1. The first kappa shape index (κ1) is 15.3. The summed E-state index contributed by atoms with van der Waals surface area (Å²) in [4.78, 5) is 0. The minimum absolute atomic E-state index is 0.170. The minimum atomic E-state index is -0.609. The SMILES string of the molecule is C[C@H](O)c1cc(Cl)ccc1OCCOC(C)(C)C. The summed E-state index contributed by atoms with van der Waals surface area (Å²) in [6.45, 7) is 8.62. The van der Waals surface area contributed by atoms with Crippen molar-refractivity contribution in [2.24, 2.45) is 0 Å². The fourth-order valence-corrected chi connectivity index (χ4v) is 1.66. The minimum Gasteiger partial charge on any atom is -0.491 e. The van der Waals surface area contributed by atoms with Gasteiger partial charge in [-0.05, 0) is 45.9 Å². The highest BCUT2D eigenvalue weighted by atomic mass is 35.5. The fraction of sp³-hybridized carbons (Fsp3) is 0.571. The molecule has 0 aliphatic rings. The van der Waals surface area contributed by atoms with Crippen LogP contribution in [0.15, 0.2) is 18.2 Å². The lowest BCUT2D eigenvalue weighted by molar-refractivity contribution is -0.0166. The van der Waals surface area contributed by atoms with Gasteiger partial charge in [0.15, 0.2) is 0 Å². The molecule has 1 rings (SSSR count). The van der Waals surface area contributed by atoms with Crippen molar-refractivity contribution in [3.63, 3.8) is 0 Å². The standard InChI is InChI=1S/C14H21ClO3/c1-10(16)12-9-11(15)5-6-13(12)17-7-8-18-14(2,3)4/h5-6,9-10,16H,7-8H2,1-4H3/t10-/m0/s1. The van der Waals surface area contributed by atoms with E-state index in [1.807, 2.05) is 20.8 Å². The Morgan fingerprint density at radius 3 is 2.50 bits per heavy atom. The lowest BCUT2D eigenvalue weighted by Gasteiger charge is -2.20. The summed E-state index contributed by atoms with van der Waals surface area (Å²) in [7, 11) is 0. The van der Waals surface area contributed by atoms with Crippen LogP contribution in [-0.4, -0.2) is 23.9 Å². The van der Waals surface area contributed by atoms with E-state index < -0.39 is 6.10 Å². The highest BCUT2D eigenvalue weighted by Gasteiger charge is 2.12. The number of hydrogen-bond acceptors (Lipinski definition) is 3. The van der Waals surface area contributed by atoms with E-state index >= 15 is 0 Å². The maximum absolute atomic E-state index is 9.64. The number of aliphatic hydroxyl groups is 1. The molecule has 1 aromatic rings. The molecule has 18 heavy (non-hydrogen) atoms.